The molecule has 1 heterocycles. The number of hydrogen-bond donors (Lipinski definition) is 0. The first-order chi connectivity index (χ1) is 6.91. The van der Waals surface area contributed by atoms with Gasteiger partial charge in [0.1, 0.15) is 0 Å². The highest BCUT2D eigenvalue weighted by molar-refractivity contribution is 7.92. The maximum atomic E-state index is 11.3. The third kappa shape index (κ3) is 2.55. The SMILES string of the molecule is CC(C)CC1CCCC2(C1)CS(=O)(=O)C2. The van der Waals surface area contributed by atoms with Gasteiger partial charge in [0.25, 0.3) is 0 Å². The average Bonchev–Trinajstić information content (AvgIpc) is 1.98. The maximum Gasteiger partial charge on any atom is 0.151 e. The highest BCUT2D eigenvalue weighted by Crippen LogP contribution is 2.48. The number of hydrogen-bond acceptors (Lipinski definition) is 2. The minimum Gasteiger partial charge on any atom is -0.229 e. The molecule has 0 bridgehead atoms. The van der Waals surface area contributed by atoms with Crippen molar-refractivity contribution in [2.75, 3.05) is 11.5 Å². The van der Waals surface area contributed by atoms with Crippen molar-refractivity contribution in [2.45, 2.75) is 46.0 Å². The predicted molar refractivity (Wildman–Crippen MR) is 62.5 cm³/mol. The molecule has 1 aliphatic heterocycles. The molecule has 0 amide bonds. The molecule has 0 aromatic heterocycles. The van der Waals surface area contributed by atoms with Crippen molar-refractivity contribution in [2.24, 2.45) is 17.3 Å². The van der Waals surface area contributed by atoms with E-state index in [9.17, 15) is 8.42 Å². The van der Waals surface area contributed by atoms with Gasteiger partial charge in [0.15, 0.2) is 9.84 Å². The fraction of sp³-hybridized carbons (Fsp3) is 1.00. The molecule has 1 unspecified atom stereocenters. The van der Waals surface area contributed by atoms with Crippen molar-refractivity contribution in [3.05, 3.63) is 0 Å². The molecular weight excluding hydrogens is 208 g/mol. The third-order valence-electron chi connectivity index (χ3n) is 3.90. The Morgan fingerprint density at radius 2 is 2.00 bits per heavy atom. The lowest BCUT2D eigenvalue weighted by molar-refractivity contribution is 0.153. The van der Waals surface area contributed by atoms with Crippen molar-refractivity contribution >= 4 is 9.84 Å². The molecule has 1 atom stereocenters. The minimum atomic E-state index is -2.64. The Labute approximate surface area is 93.4 Å². The van der Waals surface area contributed by atoms with Crippen molar-refractivity contribution < 1.29 is 8.42 Å². The topological polar surface area (TPSA) is 34.1 Å². The first-order valence-electron chi connectivity index (χ1n) is 6.11. The maximum absolute atomic E-state index is 11.3. The normalized spacial score (nSPS) is 32.9. The molecule has 1 spiro atoms. The van der Waals surface area contributed by atoms with Crippen LogP contribution in [-0.4, -0.2) is 19.9 Å². The molecule has 0 N–H and O–H groups in total. The molecule has 0 aromatic rings. The smallest absolute Gasteiger partial charge is 0.151 e. The summed E-state index contributed by atoms with van der Waals surface area (Å²) in [4.78, 5) is 0. The van der Waals surface area contributed by atoms with E-state index in [1.165, 1.54) is 25.7 Å². The summed E-state index contributed by atoms with van der Waals surface area (Å²) in [5, 5.41) is 0. The van der Waals surface area contributed by atoms with Crippen LogP contribution in [0.4, 0.5) is 0 Å². The van der Waals surface area contributed by atoms with Crippen molar-refractivity contribution in [1.29, 1.82) is 0 Å². The third-order valence-corrected chi connectivity index (χ3v) is 6.00. The second kappa shape index (κ2) is 3.76. The van der Waals surface area contributed by atoms with Gasteiger partial charge in [-0.1, -0.05) is 26.7 Å². The molecule has 2 fully saturated rings. The standard InChI is InChI=1S/C12H22O2S/c1-10(2)6-11-4-3-5-12(7-11)8-15(13,14)9-12/h10-11H,3-9H2,1-2H3. The van der Waals surface area contributed by atoms with Crippen LogP contribution < -0.4 is 0 Å². The van der Waals surface area contributed by atoms with Crippen LogP contribution in [0.1, 0.15) is 46.0 Å². The molecule has 15 heavy (non-hydrogen) atoms. The van der Waals surface area contributed by atoms with E-state index in [-0.39, 0.29) is 5.41 Å². The van der Waals surface area contributed by atoms with Crippen LogP contribution in [-0.2, 0) is 9.84 Å². The van der Waals surface area contributed by atoms with Gasteiger partial charge in [0, 0.05) is 0 Å². The minimum absolute atomic E-state index is 0.205. The van der Waals surface area contributed by atoms with Crippen LogP contribution in [0.25, 0.3) is 0 Å². The van der Waals surface area contributed by atoms with E-state index in [4.69, 9.17) is 0 Å². The highest BCUT2D eigenvalue weighted by Gasteiger charge is 2.50. The number of sulfone groups is 1. The summed E-state index contributed by atoms with van der Waals surface area (Å²) < 4.78 is 22.6. The first kappa shape index (κ1) is 11.4. The van der Waals surface area contributed by atoms with Gasteiger partial charge in [-0.3, -0.25) is 0 Å². The zero-order valence-corrected chi connectivity index (χ0v) is 10.6. The Morgan fingerprint density at radius 3 is 2.53 bits per heavy atom. The molecule has 2 aliphatic rings. The average molecular weight is 230 g/mol. The quantitative estimate of drug-likeness (QED) is 0.731. The lowest BCUT2D eigenvalue weighted by Crippen LogP contribution is -2.51. The van der Waals surface area contributed by atoms with E-state index < -0.39 is 9.84 Å². The zero-order valence-electron chi connectivity index (χ0n) is 9.83. The molecule has 1 saturated heterocycles. The van der Waals surface area contributed by atoms with Crippen molar-refractivity contribution in [3.63, 3.8) is 0 Å². The van der Waals surface area contributed by atoms with Crippen LogP contribution >= 0.6 is 0 Å². The largest absolute Gasteiger partial charge is 0.229 e. The summed E-state index contributed by atoms with van der Waals surface area (Å²) in [5.74, 6) is 2.50. The summed E-state index contributed by atoms with van der Waals surface area (Å²) in [6.07, 6.45) is 6.17. The first-order valence-corrected chi connectivity index (χ1v) is 7.93. The molecule has 2 rings (SSSR count). The summed E-state index contributed by atoms with van der Waals surface area (Å²) in [6.45, 7) is 4.53. The van der Waals surface area contributed by atoms with E-state index in [1.54, 1.807) is 0 Å². The molecule has 0 aromatic carbocycles. The molecule has 3 heteroatoms. The zero-order chi connectivity index (χ0) is 11.1. The van der Waals surface area contributed by atoms with Crippen LogP contribution in [0.3, 0.4) is 0 Å². The van der Waals surface area contributed by atoms with Gasteiger partial charge in [-0.15, -0.1) is 0 Å². The molecular formula is C12H22O2S. The van der Waals surface area contributed by atoms with Crippen molar-refractivity contribution in [3.8, 4) is 0 Å². The lowest BCUT2D eigenvalue weighted by atomic mass is 9.69. The lowest BCUT2D eigenvalue weighted by Gasteiger charge is -2.47. The second-order valence-corrected chi connectivity index (χ2v) is 8.19. The molecule has 88 valence electrons. The van der Waals surface area contributed by atoms with Crippen LogP contribution in [0.2, 0.25) is 0 Å². The summed E-state index contributed by atoms with van der Waals surface area (Å²) >= 11 is 0. The van der Waals surface area contributed by atoms with E-state index in [0.717, 1.165) is 18.3 Å². The van der Waals surface area contributed by atoms with E-state index in [1.807, 2.05) is 0 Å². The van der Waals surface area contributed by atoms with Gasteiger partial charge in [-0.05, 0) is 36.5 Å². The van der Waals surface area contributed by atoms with E-state index in [2.05, 4.69) is 13.8 Å². The molecule has 2 nitrogen and oxygen atoms in total. The van der Waals surface area contributed by atoms with Gasteiger partial charge < -0.3 is 0 Å². The predicted octanol–water partition coefficient (Wildman–Crippen LogP) is 2.64. The molecule has 1 saturated carbocycles. The monoisotopic (exact) mass is 230 g/mol. The van der Waals surface area contributed by atoms with Crippen LogP contribution in [0, 0.1) is 17.3 Å². The molecule has 1 aliphatic carbocycles. The van der Waals surface area contributed by atoms with E-state index in [0.29, 0.717) is 11.5 Å². The van der Waals surface area contributed by atoms with Crippen LogP contribution in [0.5, 0.6) is 0 Å². The van der Waals surface area contributed by atoms with E-state index >= 15 is 0 Å². The Bertz CT molecular complexity index is 318. The number of rotatable bonds is 2. The fourth-order valence-corrected chi connectivity index (χ4v) is 5.91. The van der Waals surface area contributed by atoms with Gasteiger partial charge in [0.2, 0.25) is 0 Å². The summed E-state index contributed by atoms with van der Waals surface area (Å²) in [7, 11) is -2.64. The van der Waals surface area contributed by atoms with Gasteiger partial charge >= 0.3 is 0 Å². The Kier molecular flexibility index (Phi) is 2.87. The molecule has 0 radical (unpaired) electrons. The summed E-state index contributed by atoms with van der Waals surface area (Å²) in [5.41, 5.74) is 0.205. The Morgan fingerprint density at radius 1 is 1.33 bits per heavy atom. The van der Waals surface area contributed by atoms with Gasteiger partial charge in [0.05, 0.1) is 11.5 Å². The fourth-order valence-electron chi connectivity index (χ4n) is 3.60. The Hall–Kier alpha value is -0.0500. The second-order valence-electron chi connectivity index (χ2n) is 6.12. The van der Waals surface area contributed by atoms with Crippen molar-refractivity contribution in [1.82, 2.24) is 0 Å². The highest BCUT2D eigenvalue weighted by atomic mass is 32.2. The Balaban J connectivity index is 1.94. The van der Waals surface area contributed by atoms with Crippen LogP contribution in [0.15, 0.2) is 0 Å². The van der Waals surface area contributed by atoms with Gasteiger partial charge in [-0.2, -0.15) is 0 Å². The van der Waals surface area contributed by atoms with Gasteiger partial charge in [-0.25, -0.2) is 8.42 Å². The summed E-state index contributed by atoms with van der Waals surface area (Å²) in [6, 6.07) is 0.